The largest absolute Gasteiger partial charge is 0.493 e. The Labute approximate surface area is 165 Å². The fourth-order valence-corrected chi connectivity index (χ4v) is 2.57. The van der Waals surface area contributed by atoms with Gasteiger partial charge in [0.25, 0.3) is 11.8 Å². The number of carbonyl (C=O) groups is 2. The second-order valence-electron chi connectivity index (χ2n) is 6.05. The third kappa shape index (κ3) is 5.99. The molecular formula is C21H26N2O5. The second kappa shape index (κ2) is 10.9. The van der Waals surface area contributed by atoms with Crippen molar-refractivity contribution in [2.75, 3.05) is 34.5 Å². The van der Waals surface area contributed by atoms with Gasteiger partial charge in [0.05, 0.1) is 14.2 Å². The molecule has 150 valence electrons. The summed E-state index contributed by atoms with van der Waals surface area (Å²) in [4.78, 5) is 24.4. The van der Waals surface area contributed by atoms with E-state index in [1.54, 1.807) is 51.7 Å². The van der Waals surface area contributed by atoms with Crippen LogP contribution in [0, 0.1) is 0 Å². The topological polar surface area (TPSA) is 85.9 Å². The predicted octanol–water partition coefficient (Wildman–Crippen LogP) is 2.40. The van der Waals surface area contributed by atoms with E-state index in [1.165, 1.54) is 0 Å². The van der Waals surface area contributed by atoms with E-state index in [2.05, 4.69) is 10.6 Å². The molecule has 0 unspecified atom stereocenters. The Hall–Kier alpha value is -3.06. The summed E-state index contributed by atoms with van der Waals surface area (Å²) in [6.07, 6.45) is 0.749. The minimum absolute atomic E-state index is 0.173. The first-order chi connectivity index (χ1) is 13.6. The fraction of sp³-hybridized carbons (Fsp3) is 0.333. The Bertz CT molecular complexity index is 790. The summed E-state index contributed by atoms with van der Waals surface area (Å²) in [7, 11) is 4.76. The van der Waals surface area contributed by atoms with Crippen LogP contribution in [0.2, 0.25) is 0 Å². The van der Waals surface area contributed by atoms with Crippen molar-refractivity contribution in [3.05, 3.63) is 59.2 Å². The van der Waals surface area contributed by atoms with Crippen LogP contribution in [-0.2, 0) is 11.3 Å². The van der Waals surface area contributed by atoms with E-state index in [1.807, 2.05) is 12.1 Å². The van der Waals surface area contributed by atoms with E-state index in [0.717, 1.165) is 12.0 Å². The molecule has 7 heteroatoms. The fourth-order valence-electron chi connectivity index (χ4n) is 2.57. The molecule has 2 amide bonds. The number of hydrogen-bond donors (Lipinski definition) is 2. The highest BCUT2D eigenvalue weighted by Gasteiger charge is 2.10. The highest BCUT2D eigenvalue weighted by molar-refractivity contribution is 5.97. The highest BCUT2D eigenvalue weighted by Crippen LogP contribution is 2.27. The summed E-state index contributed by atoms with van der Waals surface area (Å²) >= 11 is 0. The van der Waals surface area contributed by atoms with Gasteiger partial charge < -0.3 is 24.8 Å². The molecule has 28 heavy (non-hydrogen) atoms. The van der Waals surface area contributed by atoms with Gasteiger partial charge >= 0.3 is 0 Å². The number of hydrogen-bond acceptors (Lipinski definition) is 5. The van der Waals surface area contributed by atoms with Crippen LogP contribution in [0.1, 0.15) is 32.7 Å². The van der Waals surface area contributed by atoms with Crippen LogP contribution in [0.3, 0.4) is 0 Å². The lowest BCUT2D eigenvalue weighted by Gasteiger charge is -2.10. The highest BCUT2D eigenvalue weighted by atomic mass is 16.5. The number of carbonyl (C=O) groups excluding carboxylic acids is 2. The Morgan fingerprint density at radius 2 is 1.43 bits per heavy atom. The van der Waals surface area contributed by atoms with Crippen molar-refractivity contribution in [2.24, 2.45) is 0 Å². The van der Waals surface area contributed by atoms with Crippen molar-refractivity contribution in [3.63, 3.8) is 0 Å². The molecule has 0 aliphatic rings. The van der Waals surface area contributed by atoms with E-state index in [9.17, 15) is 9.59 Å². The zero-order chi connectivity index (χ0) is 20.4. The summed E-state index contributed by atoms with van der Waals surface area (Å²) < 4.78 is 15.4. The van der Waals surface area contributed by atoms with E-state index in [4.69, 9.17) is 14.2 Å². The van der Waals surface area contributed by atoms with Gasteiger partial charge in [-0.05, 0) is 48.4 Å². The van der Waals surface area contributed by atoms with E-state index >= 15 is 0 Å². The summed E-state index contributed by atoms with van der Waals surface area (Å²) in [6, 6.07) is 12.0. The third-order valence-corrected chi connectivity index (χ3v) is 4.12. The molecule has 0 heterocycles. The van der Waals surface area contributed by atoms with E-state index in [-0.39, 0.29) is 11.8 Å². The van der Waals surface area contributed by atoms with Crippen LogP contribution in [0.15, 0.2) is 42.5 Å². The van der Waals surface area contributed by atoms with Gasteiger partial charge in [0.1, 0.15) is 0 Å². The minimum Gasteiger partial charge on any atom is -0.493 e. The molecule has 2 N–H and O–H groups in total. The maximum atomic E-state index is 12.3. The van der Waals surface area contributed by atoms with Gasteiger partial charge in [-0.25, -0.2) is 0 Å². The van der Waals surface area contributed by atoms with Gasteiger partial charge in [0.15, 0.2) is 11.5 Å². The number of amides is 2. The van der Waals surface area contributed by atoms with Gasteiger partial charge in [0.2, 0.25) is 0 Å². The van der Waals surface area contributed by atoms with Crippen molar-refractivity contribution < 1.29 is 23.8 Å². The molecule has 0 aromatic heterocycles. The van der Waals surface area contributed by atoms with Crippen molar-refractivity contribution in [3.8, 4) is 11.5 Å². The summed E-state index contributed by atoms with van der Waals surface area (Å²) in [5.74, 6) is 0.846. The third-order valence-electron chi connectivity index (χ3n) is 4.12. The molecule has 0 spiro atoms. The summed E-state index contributed by atoms with van der Waals surface area (Å²) in [5.41, 5.74) is 1.88. The Morgan fingerprint density at radius 1 is 0.821 bits per heavy atom. The molecule has 0 aliphatic carbocycles. The summed E-state index contributed by atoms with van der Waals surface area (Å²) in [5, 5.41) is 5.66. The normalized spacial score (nSPS) is 10.2. The van der Waals surface area contributed by atoms with Crippen LogP contribution in [0.4, 0.5) is 0 Å². The van der Waals surface area contributed by atoms with Crippen LogP contribution >= 0.6 is 0 Å². The lowest BCUT2D eigenvalue weighted by molar-refractivity contribution is 0.0937. The first kappa shape index (κ1) is 21.2. The zero-order valence-corrected chi connectivity index (χ0v) is 16.4. The van der Waals surface area contributed by atoms with Crippen molar-refractivity contribution in [1.29, 1.82) is 0 Å². The lowest BCUT2D eigenvalue weighted by atomic mass is 10.1. The molecule has 7 nitrogen and oxygen atoms in total. The predicted molar refractivity (Wildman–Crippen MR) is 106 cm³/mol. The second-order valence-corrected chi connectivity index (χ2v) is 6.05. The van der Waals surface area contributed by atoms with Crippen LogP contribution < -0.4 is 20.1 Å². The number of ether oxygens (including phenoxy) is 3. The SMILES string of the molecule is COCCCNC(=O)c1ccc(C(=O)NCc2ccc(OC)c(OC)c2)cc1. The van der Waals surface area contributed by atoms with E-state index < -0.39 is 0 Å². The maximum Gasteiger partial charge on any atom is 0.251 e. The molecule has 2 aromatic rings. The maximum absolute atomic E-state index is 12.3. The van der Waals surface area contributed by atoms with Crippen molar-refractivity contribution in [2.45, 2.75) is 13.0 Å². The van der Waals surface area contributed by atoms with Gasteiger partial charge in [-0.1, -0.05) is 6.07 Å². The van der Waals surface area contributed by atoms with Crippen LogP contribution in [0.5, 0.6) is 11.5 Å². The average molecular weight is 386 g/mol. The monoisotopic (exact) mass is 386 g/mol. The molecule has 0 aliphatic heterocycles. The first-order valence-electron chi connectivity index (χ1n) is 8.95. The first-order valence-corrected chi connectivity index (χ1v) is 8.95. The molecule has 0 fully saturated rings. The van der Waals surface area contributed by atoms with Crippen LogP contribution in [0.25, 0.3) is 0 Å². The smallest absolute Gasteiger partial charge is 0.251 e. The molecule has 0 radical (unpaired) electrons. The number of methoxy groups -OCH3 is 3. The molecule has 0 saturated heterocycles. The average Bonchev–Trinajstić information content (AvgIpc) is 2.74. The van der Waals surface area contributed by atoms with E-state index in [0.29, 0.717) is 42.3 Å². The molecule has 0 saturated carbocycles. The quantitative estimate of drug-likeness (QED) is 0.613. The van der Waals surface area contributed by atoms with Gasteiger partial charge in [0, 0.05) is 37.9 Å². The summed E-state index contributed by atoms with van der Waals surface area (Å²) in [6.45, 7) is 1.49. The number of benzene rings is 2. The molecule has 0 bridgehead atoms. The molecule has 0 atom stereocenters. The van der Waals surface area contributed by atoms with Gasteiger partial charge in [-0.15, -0.1) is 0 Å². The molecule has 2 rings (SSSR count). The standard InChI is InChI=1S/C21H26N2O5/c1-26-12-4-11-22-20(24)16-6-8-17(9-7-16)21(25)23-14-15-5-10-18(27-2)19(13-15)28-3/h5-10,13H,4,11-12,14H2,1-3H3,(H,22,24)(H,23,25). The van der Waals surface area contributed by atoms with Gasteiger partial charge in [-0.2, -0.15) is 0 Å². The lowest BCUT2D eigenvalue weighted by Crippen LogP contribution is -2.26. The van der Waals surface area contributed by atoms with Gasteiger partial charge in [-0.3, -0.25) is 9.59 Å². The van der Waals surface area contributed by atoms with Crippen molar-refractivity contribution >= 4 is 11.8 Å². The Kier molecular flexibility index (Phi) is 8.30. The number of rotatable bonds is 10. The molecular weight excluding hydrogens is 360 g/mol. The van der Waals surface area contributed by atoms with Crippen molar-refractivity contribution in [1.82, 2.24) is 10.6 Å². The number of nitrogens with one attached hydrogen (secondary N) is 2. The Balaban J connectivity index is 1.90. The van der Waals surface area contributed by atoms with Crippen LogP contribution in [-0.4, -0.2) is 46.3 Å². The minimum atomic E-state index is -0.221. The Morgan fingerprint density at radius 3 is 2.00 bits per heavy atom. The molecule has 2 aromatic carbocycles. The zero-order valence-electron chi connectivity index (χ0n) is 16.4.